The number of allylic oxidation sites excluding steroid dienone is 4. The molecule has 1 radical (unpaired) electrons. The number of halogens is 1. The van der Waals surface area contributed by atoms with Gasteiger partial charge < -0.3 is 42.0 Å². The van der Waals surface area contributed by atoms with Gasteiger partial charge in [0.2, 0.25) is 0 Å². The molecule has 4 nitrogen and oxygen atoms in total. The number of hydrogen-bond donors (Lipinski definition) is 2. The van der Waals surface area contributed by atoms with Crippen LogP contribution in [-0.4, -0.2) is 46.3 Å². The number of aliphatic hydroxyl groups excluding tert-OH is 2. The minimum absolute atomic E-state index is 0. The zero-order chi connectivity index (χ0) is 13.4. The van der Waals surface area contributed by atoms with Gasteiger partial charge in [0.25, 0.3) is 0 Å². The molecular formula is C15H29BrCoN2O2. The second-order valence-corrected chi connectivity index (χ2v) is 4.16. The van der Waals surface area contributed by atoms with Crippen molar-refractivity contribution >= 4 is 11.4 Å². The van der Waals surface area contributed by atoms with E-state index in [0.29, 0.717) is 12.3 Å². The van der Waals surface area contributed by atoms with E-state index in [0.717, 1.165) is 18.0 Å². The molecule has 0 aliphatic rings. The first kappa shape index (κ1) is 32.4. The first-order valence-electron chi connectivity index (χ1n) is 5.63. The van der Waals surface area contributed by atoms with Crippen molar-refractivity contribution in [3.05, 3.63) is 38.5 Å². The average molecular weight is 408 g/mol. The Balaban J connectivity index is -0.000000213. The van der Waals surface area contributed by atoms with Crippen molar-refractivity contribution in [2.24, 2.45) is 4.99 Å². The number of rotatable bonds is 5. The van der Waals surface area contributed by atoms with Gasteiger partial charge in [-0.05, 0) is 26.8 Å². The monoisotopic (exact) mass is 407 g/mol. The van der Waals surface area contributed by atoms with Crippen LogP contribution in [0, 0.1) is 14.9 Å². The second kappa shape index (κ2) is 17.5. The number of nitrogens with zero attached hydrogens (tertiary/aromatic N) is 2. The summed E-state index contributed by atoms with van der Waals surface area (Å²) in [4.78, 5) is 4.31. The van der Waals surface area contributed by atoms with Gasteiger partial charge in [0.1, 0.15) is 7.05 Å². The maximum Gasteiger partial charge on any atom is 2.00 e. The molecule has 0 aromatic heterocycles. The van der Waals surface area contributed by atoms with Gasteiger partial charge in [-0.3, -0.25) is 4.99 Å². The topological polar surface area (TPSA) is 55.8 Å². The number of likely N-dealkylation sites (N-methyl/N-ethyl adjacent to an activating group) is 1. The molecular weight excluding hydrogens is 379 g/mol. The van der Waals surface area contributed by atoms with Crippen molar-refractivity contribution in [3.63, 3.8) is 0 Å². The Kier molecular flexibility index (Phi) is 26.9. The van der Waals surface area contributed by atoms with Crippen molar-refractivity contribution in [1.82, 2.24) is 0 Å². The Morgan fingerprint density at radius 1 is 1.00 bits per heavy atom. The van der Waals surface area contributed by atoms with Crippen molar-refractivity contribution in [2.45, 2.75) is 27.7 Å². The second-order valence-electron chi connectivity index (χ2n) is 4.16. The standard InChI is InChI=1S/C13H22N2O2.2CH3.BrH.Co/c1-10(8-12(3)16)14-6-7-15(5)11(2)9-13(4)17;;;;/h8-9H,6-7H2,1-5H3,(H,14,16);2*1H3;1H;/q;2*-1;;+2. The van der Waals surface area contributed by atoms with Crippen LogP contribution < -0.4 is 17.0 Å². The Bertz CT molecular complexity index is 381. The van der Waals surface area contributed by atoms with Crippen LogP contribution >= 0.6 is 0 Å². The molecule has 127 valence electrons. The zero-order valence-corrected chi connectivity index (χ0v) is 16.7. The molecule has 0 amide bonds. The summed E-state index contributed by atoms with van der Waals surface area (Å²) in [5, 5.41) is 18.2. The minimum Gasteiger partial charge on any atom is -1.00 e. The molecule has 0 saturated heterocycles. The van der Waals surface area contributed by atoms with Crippen molar-refractivity contribution < 1.29 is 48.5 Å². The van der Waals surface area contributed by atoms with E-state index in [1.807, 2.05) is 25.5 Å². The minimum atomic E-state index is 0. The maximum absolute atomic E-state index is 9.13. The van der Waals surface area contributed by atoms with Crippen LogP contribution in [0.5, 0.6) is 0 Å². The number of aliphatic hydroxyl groups is 2. The molecule has 0 saturated carbocycles. The van der Waals surface area contributed by atoms with Crippen molar-refractivity contribution in [3.8, 4) is 0 Å². The summed E-state index contributed by atoms with van der Waals surface area (Å²) in [5.41, 5.74) is 1.80. The van der Waals surface area contributed by atoms with E-state index >= 15 is 0 Å². The third kappa shape index (κ3) is 19.4. The molecule has 0 atom stereocenters. The van der Waals surface area contributed by atoms with Gasteiger partial charge in [0.05, 0.1) is 18.1 Å². The molecule has 0 rings (SSSR count). The summed E-state index contributed by atoms with van der Waals surface area (Å²) in [7, 11) is 1.95. The fraction of sp³-hybridized carbons (Fsp3) is 0.467. The van der Waals surface area contributed by atoms with Gasteiger partial charge in [-0.25, -0.2) is 4.58 Å². The third-order valence-electron chi connectivity index (χ3n) is 2.23. The zero-order valence-electron chi connectivity index (χ0n) is 14.1. The summed E-state index contributed by atoms with van der Waals surface area (Å²) < 4.78 is 2.02. The predicted octanol–water partition coefficient (Wildman–Crippen LogP) is 0.376. The molecule has 0 heterocycles. The fourth-order valence-electron chi connectivity index (χ4n) is 1.31. The Morgan fingerprint density at radius 2 is 1.43 bits per heavy atom. The molecule has 21 heavy (non-hydrogen) atoms. The smallest absolute Gasteiger partial charge is 1.00 e. The Labute approximate surface area is 151 Å². The molecule has 0 unspecified atom stereocenters. The molecule has 0 fully saturated rings. The SMILES string of the molecule is CC(O)=CC(C)=NCC[N+](C)=C(C)C=C(C)O.[Br-].[CH3-].[CH3-].[Co+2]. The van der Waals surface area contributed by atoms with Gasteiger partial charge in [0.15, 0.2) is 12.3 Å². The van der Waals surface area contributed by atoms with Crippen LogP contribution in [0.1, 0.15) is 27.7 Å². The predicted molar refractivity (Wildman–Crippen MR) is 85.3 cm³/mol. The summed E-state index contributed by atoms with van der Waals surface area (Å²) in [6, 6.07) is 0. The quantitative estimate of drug-likeness (QED) is 0.299. The van der Waals surface area contributed by atoms with E-state index in [4.69, 9.17) is 10.2 Å². The molecule has 0 aromatic rings. The van der Waals surface area contributed by atoms with Crippen LogP contribution in [0.3, 0.4) is 0 Å². The van der Waals surface area contributed by atoms with Gasteiger partial charge in [-0.15, -0.1) is 0 Å². The van der Waals surface area contributed by atoms with E-state index in [9.17, 15) is 0 Å². The summed E-state index contributed by atoms with van der Waals surface area (Å²) in [6.45, 7) is 8.49. The molecule has 0 aliphatic carbocycles. The normalized spacial score (nSPS) is 12.9. The molecule has 0 aromatic carbocycles. The fourth-order valence-corrected chi connectivity index (χ4v) is 1.31. The average Bonchev–Trinajstić information content (AvgIpc) is 2.14. The summed E-state index contributed by atoms with van der Waals surface area (Å²) in [6.07, 6.45) is 3.35. The van der Waals surface area contributed by atoms with Crippen LogP contribution in [0.25, 0.3) is 0 Å². The van der Waals surface area contributed by atoms with Crippen molar-refractivity contribution in [2.75, 3.05) is 20.1 Å². The number of hydrogen-bond acceptors (Lipinski definition) is 3. The molecule has 0 spiro atoms. The first-order chi connectivity index (χ1) is 7.82. The van der Waals surface area contributed by atoms with Gasteiger partial charge in [-0.1, -0.05) is 0 Å². The van der Waals surface area contributed by atoms with Gasteiger partial charge >= 0.3 is 16.8 Å². The van der Waals surface area contributed by atoms with E-state index < -0.39 is 0 Å². The van der Waals surface area contributed by atoms with Gasteiger partial charge in [0, 0.05) is 18.7 Å². The van der Waals surface area contributed by atoms with E-state index in [1.165, 1.54) is 0 Å². The molecule has 6 heteroatoms. The Hall–Kier alpha value is -0.594. The number of aliphatic imine (C=N–C) groups is 1. The third-order valence-corrected chi connectivity index (χ3v) is 2.23. The van der Waals surface area contributed by atoms with Crippen LogP contribution in [0.2, 0.25) is 0 Å². The summed E-state index contributed by atoms with van der Waals surface area (Å²) >= 11 is 0. The van der Waals surface area contributed by atoms with Crippen LogP contribution in [0.4, 0.5) is 0 Å². The Morgan fingerprint density at radius 3 is 1.81 bits per heavy atom. The first-order valence-corrected chi connectivity index (χ1v) is 5.63. The molecule has 0 aliphatic heterocycles. The van der Waals surface area contributed by atoms with E-state index in [2.05, 4.69) is 4.99 Å². The maximum atomic E-state index is 9.13. The molecule has 2 N–H and O–H groups in total. The van der Waals surface area contributed by atoms with E-state index in [1.54, 1.807) is 26.0 Å². The van der Waals surface area contributed by atoms with Crippen molar-refractivity contribution in [1.29, 1.82) is 0 Å². The van der Waals surface area contributed by atoms with Crippen LogP contribution in [0.15, 0.2) is 28.7 Å². The molecule has 0 bridgehead atoms. The van der Waals surface area contributed by atoms with Crippen LogP contribution in [-0.2, 0) is 16.8 Å². The van der Waals surface area contributed by atoms with Gasteiger partial charge in [-0.2, -0.15) is 0 Å². The van der Waals surface area contributed by atoms with E-state index in [-0.39, 0.29) is 54.4 Å². The summed E-state index contributed by atoms with van der Waals surface area (Å²) in [5.74, 6) is 0.564. The largest absolute Gasteiger partial charge is 2.00 e.